The Morgan fingerprint density at radius 2 is 0.913 bits per heavy atom. The first-order valence-corrected chi connectivity index (χ1v) is 14.6. The zero-order valence-electron chi connectivity index (χ0n) is 24.6. The summed E-state index contributed by atoms with van der Waals surface area (Å²) >= 11 is 0. The van der Waals surface area contributed by atoms with Gasteiger partial charge < -0.3 is 37.5 Å². The van der Waals surface area contributed by atoms with E-state index in [0.29, 0.717) is 51.3 Å². The number of aromatic carboxylic acids is 1. The van der Waals surface area contributed by atoms with Crippen molar-refractivity contribution in [1.29, 1.82) is 0 Å². The number of rotatable bonds is 7. The second-order valence-corrected chi connectivity index (χ2v) is 11.2. The van der Waals surface area contributed by atoms with Crippen molar-refractivity contribution in [2.24, 2.45) is 0 Å². The monoisotopic (exact) mass is 606 g/mol. The Morgan fingerprint density at radius 1 is 0.500 bits per heavy atom. The highest BCUT2D eigenvalue weighted by Gasteiger charge is 2.48. The molecule has 1 aliphatic rings. The highest BCUT2D eigenvalue weighted by Crippen LogP contribution is 2.58. The van der Waals surface area contributed by atoms with E-state index in [9.17, 15) is 9.90 Å². The number of nitrogens with two attached hydrogens (primary N) is 4. The molecule has 46 heavy (non-hydrogen) atoms. The molecule has 8 heteroatoms. The fourth-order valence-electron chi connectivity index (χ4n) is 6.33. The zero-order valence-corrected chi connectivity index (χ0v) is 24.6. The number of carbonyl (C=O) groups is 1. The Hall–Kier alpha value is -6.41. The Balaban J connectivity index is 1.43. The molecule has 6 aromatic rings. The molecule has 8 nitrogen and oxygen atoms in total. The van der Waals surface area contributed by atoms with Crippen molar-refractivity contribution in [1.82, 2.24) is 0 Å². The van der Waals surface area contributed by atoms with Crippen molar-refractivity contribution in [3.8, 4) is 34.1 Å². The molecule has 6 aromatic carbocycles. The van der Waals surface area contributed by atoms with Crippen LogP contribution in [0.5, 0.6) is 23.0 Å². The van der Waals surface area contributed by atoms with E-state index >= 15 is 0 Å². The average Bonchev–Trinajstić information content (AvgIpc) is 3.33. The van der Waals surface area contributed by atoms with Gasteiger partial charge in [-0.15, -0.1) is 0 Å². The molecule has 9 N–H and O–H groups in total. The van der Waals surface area contributed by atoms with Gasteiger partial charge in [-0.2, -0.15) is 0 Å². The summed E-state index contributed by atoms with van der Waals surface area (Å²) in [6.45, 7) is 0. The number of carboxylic acids is 1. The van der Waals surface area contributed by atoms with E-state index in [-0.39, 0.29) is 5.56 Å². The number of nitrogen functional groups attached to an aromatic ring is 4. The van der Waals surface area contributed by atoms with E-state index < -0.39 is 11.4 Å². The third-order valence-electron chi connectivity index (χ3n) is 8.32. The third-order valence-corrected chi connectivity index (χ3v) is 8.32. The van der Waals surface area contributed by atoms with Crippen LogP contribution in [-0.4, -0.2) is 11.1 Å². The van der Waals surface area contributed by atoms with Crippen LogP contribution in [0.3, 0.4) is 0 Å². The second kappa shape index (κ2) is 10.9. The molecule has 0 radical (unpaired) electrons. The summed E-state index contributed by atoms with van der Waals surface area (Å²) in [6, 6.07) is 38.8. The smallest absolute Gasteiger partial charge is 0.336 e. The molecule has 0 unspecified atom stereocenters. The molecule has 0 bridgehead atoms. The lowest BCUT2D eigenvalue weighted by atomic mass is 9.67. The maximum Gasteiger partial charge on any atom is 0.336 e. The Bertz CT molecular complexity index is 2000. The van der Waals surface area contributed by atoms with Gasteiger partial charge in [0.05, 0.1) is 11.0 Å². The third kappa shape index (κ3) is 4.78. The van der Waals surface area contributed by atoms with E-state index in [0.717, 1.165) is 27.8 Å². The van der Waals surface area contributed by atoms with Crippen LogP contribution in [0.4, 0.5) is 22.7 Å². The maximum absolute atomic E-state index is 12.6. The minimum atomic E-state index is -1.07. The minimum absolute atomic E-state index is 0.120. The first-order chi connectivity index (χ1) is 22.2. The van der Waals surface area contributed by atoms with Crippen LogP contribution in [0.2, 0.25) is 0 Å². The predicted molar refractivity (Wildman–Crippen MR) is 181 cm³/mol. The zero-order chi connectivity index (χ0) is 32.0. The van der Waals surface area contributed by atoms with Gasteiger partial charge in [-0.3, -0.25) is 0 Å². The van der Waals surface area contributed by atoms with E-state index in [2.05, 4.69) is 0 Å². The van der Waals surface area contributed by atoms with Gasteiger partial charge in [0, 0.05) is 28.3 Å². The van der Waals surface area contributed by atoms with Crippen molar-refractivity contribution in [3.63, 3.8) is 0 Å². The van der Waals surface area contributed by atoms with Gasteiger partial charge in [0.25, 0.3) is 0 Å². The maximum atomic E-state index is 12.6. The van der Waals surface area contributed by atoms with Gasteiger partial charge >= 0.3 is 5.97 Å². The lowest BCUT2D eigenvalue weighted by Gasteiger charge is -2.34. The summed E-state index contributed by atoms with van der Waals surface area (Å²) in [5.74, 6) is 1.48. The molecular weight excluding hydrogens is 576 g/mol. The normalized spacial score (nSPS) is 12.6. The fourth-order valence-corrected chi connectivity index (χ4v) is 6.33. The molecule has 1 aliphatic carbocycles. The van der Waals surface area contributed by atoms with Crippen molar-refractivity contribution in [2.45, 2.75) is 5.41 Å². The summed E-state index contributed by atoms with van der Waals surface area (Å²) in [5, 5.41) is 10.3. The summed E-state index contributed by atoms with van der Waals surface area (Å²) in [7, 11) is 0. The molecule has 0 aromatic heterocycles. The van der Waals surface area contributed by atoms with Crippen LogP contribution in [0.25, 0.3) is 11.1 Å². The number of carboxylic acid groups (broad SMARTS) is 1. The summed E-state index contributed by atoms with van der Waals surface area (Å²) in [5.41, 5.74) is 30.5. The van der Waals surface area contributed by atoms with Gasteiger partial charge in [-0.1, -0.05) is 30.3 Å². The van der Waals surface area contributed by atoms with Crippen LogP contribution >= 0.6 is 0 Å². The quantitative estimate of drug-likeness (QED) is 0.116. The van der Waals surface area contributed by atoms with Gasteiger partial charge in [-0.25, -0.2) is 4.79 Å². The molecule has 7 rings (SSSR count). The van der Waals surface area contributed by atoms with Gasteiger partial charge in [0.15, 0.2) is 0 Å². The Morgan fingerprint density at radius 3 is 1.37 bits per heavy atom. The summed E-state index contributed by atoms with van der Waals surface area (Å²) in [6.07, 6.45) is 0. The van der Waals surface area contributed by atoms with E-state index in [1.54, 1.807) is 54.6 Å². The van der Waals surface area contributed by atoms with Crippen molar-refractivity contribution in [2.75, 3.05) is 22.9 Å². The second-order valence-electron chi connectivity index (χ2n) is 11.2. The van der Waals surface area contributed by atoms with Crippen molar-refractivity contribution < 1.29 is 19.4 Å². The van der Waals surface area contributed by atoms with Crippen molar-refractivity contribution >= 4 is 28.7 Å². The molecule has 0 atom stereocenters. The fraction of sp³-hybridized carbons (Fsp3) is 0.0263. The van der Waals surface area contributed by atoms with Crippen LogP contribution in [0, 0.1) is 0 Å². The highest BCUT2D eigenvalue weighted by molar-refractivity contribution is 6.03. The average molecular weight is 607 g/mol. The number of ether oxygens (including phenoxy) is 2. The lowest BCUT2D eigenvalue weighted by molar-refractivity contribution is 0.0697. The van der Waals surface area contributed by atoms with Crippen LogP contribution in [-0.2, 0) is 5.41 Å². The number of anilines is 4. The standard InChI is InChI=1S/C38H30N4O4/c39-24-5-14-30(15-6-24)45-28-10-1-22(2-11-28)38(23-3-12-29(13-4-23)46-31-16-7-25(40)8-17-31)34-20-26(41)9-18-32(34)36-33(37(43)44)19-27(42)21-35(36)38/h1-21H,39-42H2,(H,43,44). The predicted octanol–water partition coefficient (Wildman–Crippen LogP) is 7.66. The highest BCUT2D eigenvalue weighted by atomic mass is 16.5. The molecule has 0 fully saturated rings. The number of benzene rings is 6. The minimum Gasteiger partial charge on any atom is -0.478 e. The van der Waals surface area contributed by atoms with Crippen LogP contribution < -0.4 is 32.4 Å². The topological polar surface area (TPSA) is 160 Å². The van der Waals surface area contributed by atoms with Crippen LogP contribution in [0.1, 0.15) is 32.6 Å². The first-order valence-electron chi connectivity index (χ1n) is 14.6. The van der Waals surface area contributed by atoms with Gasteiger partial charge in [0.1, 0.15) is 23.0 Å². The summed E-state index contributed by atoms with van der Waals surface area (Å²) in [4.78, 5) is 12.6. The Labute approximate surface area is 265 Å². The lowest BCUT2D eigenvalue weighted by Crippen LogP contribution is -2.29. The molecule has 226 valence electrons. The molecule has 0 aliphatic heterocycles. The van der Waals surface area contributed by atoms with Gasteiger partial charge in [0.2, 0.25) is 0 Å². The molecular formula is C38H30N4O4. The van der Waals surface area contributed by atoms with Gasteiger partial charge in [-0.05, 0) is 125 Å². The SMILES string of the molecule is Nc1ccc(Oc2ccc(C3(c4ccc(Oc5ccc(N)cc5)cc4)c4cc(N)ccc4-c4c(C(=O)O)cc(N)cc43)cc2)cc1. The number of hydrogen-bond acceptors (Lipinski definition) is 7. The molecule has 0 saturated carbocycles. The molecule has 0 saturated heterocycles. The van der Waals surface area contributed by atoms with Crippen LogP contribution in [0.15, 0.2) is 127 Å². The molecule has 0 spiro atoms. The molecule has 0 heterocycles. The molecule has 0 amide bonds. The Kier molecular flexibility index (Phi) is 6.75. The summed E-state index contributed by atoms with van der Waals surface area (Å²) < 4.78 is 12.2. The van der Waals surface area contributed by atoms with E-state index in [1.807, 2.05) is 66.7 Å². The largest absolute Gasteiger partial charge is 0.478 e. The first kappa shape index (κ1) is 28.4. The number of hydrogen-bond donors (Lipinski definition) is 5. The number of fused-ring (bicyclic) bond motifs is 3. The van der Waals surface area contributed by atoms with E-state index in [1.165, 1.54) is 6.07 Å². The van der Waals surface area contributed by atoms with E-state index in [4.69, 9.17) is 32.4 Å². The van der Waals surface area contributed by atoms with Crippen molar-refractivity contribution in [3.05, 3.63) is 155 Å².